The summed E-state index contributed by atoms with van der Waals surface area (Å²) in [7, 11) is -4.18. The first kappa shape index (κ1) is 15.2. The Hall–Kier alpha value is -0.860. The Labute approximate surface area is 113 Å². The Morgan fingerprint density at radius 1 is 1.39 bits per heavy atom. The van der Waals surface area contributed by atoms with Crippen LogP contribution in [-0.4, -0.2) is 37.2 Å². The summed E-state index contributed by atoms with van der Waals surface area (Å²) in [4.78, 5) is 10.3. The van der Waals surface area contributed by atoms with Crippen LogP contribution in [-0.2, 0) is 14.8 Å². The summed E-state index contributed by atoms with van der Waals surface area (Å²) in [5.74, 6) is -1.50. The second kappa shape index (κ2) is 5.85. The van der Waals surface area contributed by atoms with Crippen LogP contribution in [0.5, 0.6) is 0 Å². The fraction of sp³-hybridized carbons (Fsp3) is 0.222. The molecular weight excluding hydrogens is 305 g/mol. The molecule has 9 heteroatoms. The molecule has 0 unspecified atom stereocenters. The molecule has 1 aromatic rings. The van der Waals surface area contributed by atoms with Crippen LogP contribution in [0, 0.1) is 0 Å². The van der Waals surface area contributed by atoms with Gasteiger partial charge < -0.3 is 10.2 Å². The summed E-state index contributed by atoms with van der Waals surface area (Å²) >= 11 is 11.3. The molecule has 0 spiro atoms. The second-order valence-electron chi connectivity index (χ2n) is 3.27. The zero-order valence-electron chi connectivity index (χ0n) is 8.80. The number of rotatable bonds is 5. The lowest BCUT2D eigenvalue weighted by atomic mass is 10.3. The molecule has 6 nitrogen and oxygen atoms in total. The van der Waals surface area contributed by atoms with Crippen molar-refractivity contribution in [3.8, 4) is 0 Å². The molecule has 3 N–H and O–H groups in total. The van der Waals surface area contributed by atoms with E-state index in [1.807, 2.05) is 0 Å². The maximum absolute atomic E-state index is 11.9. The average Bonchev–Trinajstić information content (AvgIpc) is 2.28. The topological polar surface area (TPSA) is 104 Å². The molecule has 0 amide bonds. The summed E-state index contributed by atoms with van der Waals surface area (Å²) in [5, 5.41) is 17.5. The van der Waals surface area contributed by atoms with Gasteiger partial charge in [0.1, 0.15) is 10.9 Å². The fourth-order valence-electron chi connectivity index (χ4n) is 1.10. The molecule has 100 valence electrons. The Morgan fingerprint density at radius 2 is 2.00 bits per heavy atom. The highest BCUT2D eigenvalue weighted by atomic mass is 35.5. The quantitative estimate of drug-likeness (QED) is 0.743. The van der Waals surface area contributed by atoms with Gasteiger partial charge in [-0.05, 0) is 18.2 Å². The third-order valence-electron chi connectivity index (χ3n) is 1.96. The van der Waals surface area contributed by atoms with Crippen LogP contribution in [0.1, 0.15) is 0 Å². The van der Waals surface area contributed by atoms with E-state index in [4.69, 9.17) is 33.4 Å². The molecule has 0 fully saturated rings. The number of sulfonamides is 1. The number of aliphatic hydroxyl groups is 1. The Balaban J connectivity index is 3.14. The molecule has 0 saturated carbocycles. The number of hydrogen-bond acceptors (Lipinski definition) is 4. The van der Waals surface area contributed by atoms with E-state index in [0.717, 1.165) is 6.07 Å². The zero-order chi connectivity index (χ0) is 13.9. The van der Waals surface area contributed by atoms with E-state index in [2.05, 4.69) is 0 Å². The largest absolute Gasteiger partial charge is 0.480 e. The molecule has 0 aliphatic rings. The summed E-state index contributed by atoms with van der Waals surface area (Å²) in [6.07, 6.45) is 0. The number of halogens is 2. The number of nitrogens with one attached hydrogen (secondary N) is 1. The lowest BCUT2D eigenvalue weighted by Gasteiger charge is -2.13. The molecule has 1 atom stereocenters. The van der Waals surface area contributed by atoms with E-state index in [-0.39, 0.29) is 14.9 Å². The molecule has 0 saturated heterocycles. The molecule has 0 heterocycles. The van der Waals surface area contributed by atoms with Gasteiger partial charge in [0.15, 0.2) is 0 Å². The first-order valence-corrected chi connectivity index (χ1v) is 6.83. The van der Waals surface area contributed by atoms with E-state index < -0.39 is 28.6 Å². The Morgan fingerprint density at radius 3 is 2.50 bits per heavy atom. The number of benzene rings is 1. The SMILES string of the molecule is O=C(O)[C@@H](CO)NS(=O)(=O)c1cc(Cl)ccc1Cl. The van der Waals surface area contributed by atoms with E-state index in [9.17, 15) is 13.2 Å². The predicted molar refractivity (Wildman–Crippen MR) is 65.3 cm³/mol. The van der Waals surface area contributed by atoms with Gasteiger partial charge in [0.25, 0.3) is 0 Å². The zero-order valence-corrected chi connectivity index (χ0v) is 11.1. The smallest absolute Gasteiger partial charge is 0.324 e. The molecule has 1 rings (SSSR count). The van der Waals surface area contributed by atoms with E-state index in [1.165, 1.54) is 12.1 Å². The maximum Gasteiger partial charge on any atom is 0.324 e. The minimum Gasteiger partial charge on any atom is -0.480 e. The first-order valence-electron chi connectivity index (χ1n) is 4.59. The van der Waals surface area contributed by atoms with E-state index in [1.54, 1.807) is 4.72 Å². The average molecular weight is 314 g/mol. The van der Waals surface area contributed by atoms with Crippen LogP contribution < -0.4 is 4.72 Å². The summed E-state index contributed by atoms with van der Waals surface area (Å²) in [6.45, 7) is -0.882. The number of carboxylic acid groups (broad SMARTS) is 1. The van der Waals surface area contributed by atoms with Crippen LogP contribution in [0.3, 0.4) is 0 Å². The molecule has 0 radical (unpaired) electrons. The van der Waals surface area contributed by atoms with Gasteiger partial charge in [0.2, 0.25) is 10.0 Å². The van der Waals surface area contributed by atoms with Crippen molar-refractivity contribution in [2.45, 2.75) is 10.9 Å². The van der Waals surface area contributed by atoms with Gasteiger partial charge in [-0.25, -0.2) is 8.42 Å². The summed E-state index contributed by atoms with van der Waals surface area (Å²) in [6, 6.07) is 2.10. The number of aliphatic carboxylic acids is 1. The van der Waals surface area contributed by atoms with Crippen LogP contribution >= 0.6 is 23.2 Å². The van der Waals surface area contributed by atoms with Gasteiger partial charge >= 0.3 is 5.97 Å². The predicted octanol–water partition coefficient (Wildman–Crippen LogP) is 0.717. The Bertz CT molecular complexity index is 560. The molecule has 0 aliphatic heterocycles. The monoisotopic (exact) mass is 313 g/mol. The summed E-state index contributed by atoms with van der Waals surface area (Å²) in [5.41, 5.74) is 0. The van der Waals surface area contributed by atoms with Crippen LogP contribution in [0.4, 0.5) is 0 Å². The third-order valence-corrected chi connectivity index (χ3v) is 4.15. The van der Waals surface area contributed by atoms with Crippen molar-refractivity contribution in [1.82, 2.24) is 4.72 Å². The van der Waals surface area contributed by atoms with Crippen molar-refractivity contribution in [1.29, 1.82) is 0 Å². The minimum absolute atomic E-state index is 0.103. The standard InChI is InChI=1S/C9H9Cl2NO5S/c10-5-1-2-6(11)8(3-5)18(16,17)12-7(4-13)9(14)15/h1-3,7,12-13H,4H2,(H,14,15)/t7-/m1/s1. The molecule has 0 aromatic heterocycles. The number of carbonyl (C=O) groups is 1. The van der Waals surface area contributed by atoms with Gasteiger partial charge in [-0.15, -0.1) is 0 Å². The molecule has 1 aromatic carbocycles. The lowest BCUT2D eigenvalue weighted by Crippen LogP contribution is -2.43. The first-order chi connectivity index (χ1) is 8.27. The van der Waals surface area contributed by atoms with Gasteiger partial charge in [-0.3, -0.25) is 4.79 Å². The fourth-order valence-corrected chi connectivity index (χ4v) is 3.04. The van der Waals surface area contributed by atoms with Crippen molar-refractivity contribution in [2.75, 3.05) is 6.61 Å². The van der Waals surface area contributed by atoms with Gasteiger partial charge in [0.05, 0.1) is 11.6 Å². The highest BCUT2D eigenvalue weighted by Crippen LogP contribution is 2.24. The van der Waals surface area contributed by atoms with Crippen molar-refractivity contribution in [3.05, 3.63) is 28.2 Å². The molecule has 18 heavy (non-hydrogen) atoms. The molecule has 0 bridgehead atoms. The van der Waals surface area contributed by atoms with Crippen molar-refractivity contribution < 1.29 is 23.4 Å². The van der Waals surface area contributed by atoms with Crippen LogP contribution in [0.2, 0.25) is 10.0 Å². The summed E-state index contributed by atoms with van der Waals surface area (Å²) < 4.78 is 25.5. The van der Waals surface area contributed by atoms with Gasteiger partial charge in [0, 0.05) is 5.02 Å². The maximum atomic E-state index is 11.9. The lowest BCUT2D eigenvalue weighted by molar-refractivity contribution is -0.139. The van der Waals surface area contributed by atoms with Gasteiger partial charge in [-0.2, -0.15) is 4.72 Å². The number of carboxylic acids is 1. The van der Waals surface area contributed by atoms with Crippen molar-refractivity contribution >= 4 is 39.2 Å². The molecule has 0 aliphatic carbocycles. The highest BCUT2D eigenvalue weighted by Gasteiger charge is 2.26. The minimum atomic E-state index is -4.18. The third kappa shape index (κ3) is 3.56. The van der Waals surface area contributed by atoms with Crippen molar-refractivity contribution in [2.24, 2.45) is 0 Å². The Kier molecular flexibility index (Phi) is 4.94. The number of aliphatic hydroxyl groups excluding tert-OH is 1. The normalized spacial score (nSPS) is 13.3. The second-order valence-corrected chi connectivity index (χ2v) is 5.80. The van der Waals surface area contributed by atoms with E-state index in [0.29, 0.717) is 0 Å². The van der Waals surface area contributed by atoms with Crippen molar-refractivity contribution in [3.63, 3.8) is 0 Å². The van der Waals surface area contributed by atoms with Gasteiger partial charge in [-0.1, -0.05) is 23.2 Å². The molecular formula is C9H9Cl2NO5S. The van der Waals surface area contributed by atoms with E-state index >= 15 is 0 Å². The number of hydrogen-bond donors (Lipinski definition) is 3. The van der Waals surface area contributed by atoms with Crippen LogP contribution in [0.15, 0.2) is 23.1 Å². The highest BCUT2D eigenvalue weighted by molar-refractivity contribution is 7.89. The van der Waals surface area contributed by atoms with Crippen LogP contribution in [0.25, 0.3) is 0 Å².